The molecule has 1 atom stereocenters. The molecule has 134 valence electrons. The van der Waals surface area contributed by atoms with E-state index in [0.29, 0.717) is 10.0 Å². The quantitative estimate of drug-likeness (QED) is 0.471. The minimum absolute atomic E-state index is 0.0527. The molecule has 2 aromatic rings. The van der Waals surface area contributed by atoms with Crippen LogP contribution in [0.2, 0.25) is 0 Å². The van der Waals surface area contributed by atoms with Crippen LogP contribution in [0.4, 0.5) is 11.4 Å². The topological polar surface area (TPSA) is 99.4 Å². The van der Waals surface area contributed by atoms with Crippen molar-refractivity contribution < 1.29 is 17.8 Å². The monoisotopic (exact) mass is 407 g/mol. The average molecular weight is 407 g/mol. The van der Waals surface area contributed by atoms with Crippen molar-refractivity contribution in [2.75, 3.05) is 4.90 Å². The fraction of sp³-hybridized carbons (Fsp3) is 0.125. The van der Waals surface area contributed by atoms with Crippen LogP contribution in [0.1, 0.15) is 5.56 Å². The number of azo groups is 1. The van der Waals surface area contributed by atoms with Crippen LogP contribution in [-0.2, 0) is 14.9 Å². The van der Waals surface area contributed by atoms with Crippen molar-refractivity contribution in [3.63, 3.8) is 0 Å². The van der Waals surface area contributed by atoms with Crippen LogP contribution in [0.5, 0.6) is 0 Å². The van der Waals surface area contributed by atoms with Crippen molar-refractivity contribution >= 4 is 55.7 Å². The number of anilines is 1. The molecule has 0 aromatic heterocycles. The Hall–Kier alpha value is -2.14. The van der Waals surface area contributed by atoms with E-state index in [9.17, 15) is 17.8 Å². The number of carbonyl (C=O) groups excluding carboxylic acids is 1. The highest BCUT2D eigenvalue weighted by Gasteiger charge is 2.38. The normalized spacial score (nSPS) is 18.1. The van der Waals surface area contributed by atoms with Gasteiger partial charge in [0.25, 0.3) is 16.0 Å². The fourth-order valence-electron chi connectivity index (χ4n) is 2.27. The molecule has 0 radical (unpaired) electrons. The molecule has 1 aliphatic rings. The van der Waals surface area contributed by atoms with Crippen LogP contribution in [-0.4, -0.2) is 28.6 Å². The van der Waals surface area contributed by atoms with Crippen molar-refractivity contribution in [1.29, 1.82) is 0 Å². The lowest BCUT2D eigenvalue weighted by Gasteiger charge is -2.14. The van der Waals surface area contributed by atoms with Crippen molar-refractivity contribution in [3.8, 4) is 0 Å². The van der Waals surface area contributed by atoms with E-state index in [1.54, 1.807) is 18.2 Å². The molecular weight excluding hydrogens is 394 g/mol. The van der Waals surface area contributed by atoms with Crippen LogP contribution in [0.25, 0.3) is 0 Å². The second kappa shape index (κ2) is 7.23. The van der Waals surface area contributed by atoms with Gasteiger partial charge in [-0.25, -0.2) is 0 Å². The Morgan fingerprint density at radius 2 is 1.81 bits per heavy atom. The SMILES string of the molecule is Cc1ccc(N2C(=O)C(N=Nc3ccccc3S(=O)(=O)O)SC2=S)cc1. The predicted octanol–water partition coefficient (Wildman–Crippen LogP) is 3.72. The average Bonchev–Trinajstić information content (AvgIpc) is 2.87. The predicted molar refractivity (Wildman–Crippen MR) is 103 cm³/mol. The van der Waals surface area contributed by atoms with Gasteiger partial charge < -0.3 is 0 Å². The van der Waals surface area contributed by atoms with Crippen LogP contribution in [0.15, 0.2) is 63.7 Å². The standard InChI is InChI=1S/C16H13N3O4S3/c1-10-6-8-11(9-7-10)19-15(20)14(25-16(19)24)18-17-12-4-2-3-5-13(12)26(21,22)23/h2-9,14H,1H3,(H,21,22,23). The van der Waals surface area contributed by atoms with Gasteiger partial charge in [0.05, 0.1) is 5.69 Å². The number of benzene rings is 2. The number of hydrogen-bond donors (Lipinski definition) is 1. The minimum Gasteiger partial charge on any atom is -0.282 e. The fourth-order valence-corrected chi connectivity index (χ4v) is 4.16. The second-order valence-corrected chi connectivity index (χ2v) is 8.51. The van der Waals surface area contributed by atoms with Gasteiger partial charge in [-0.3, -0.25) is 14.2 Å². The molecule has 1 unspecified atom stereocenters. The van der Waals surface area contributed by atoms with E-state index in [1.807, 2.05) is 19.1 Å². The van der Waals surface area contributed by atoms with Gasteiger partial charge in [0.2, 0.25) is 5.37 Å². The highest BCUT2D eigenvalue weighted by atomic mass is 32.2. The van der Waals surface area contributed by atoms with Gasteiger partial charge in [-0.15, -0.1) is 0 Å². The van der Waals surface area contributed by atoms with Gasteiger partial charge in [-0.05, 0) is 31.2 Å². The van der Waals surface area contributed by atoms with Crippen LogP contribution in [0, 0.1) is 6.92 Å². The molecule has 3 rings (SSSR count). The number of rotatable bonds is 4. The summed E-state index contributed by atoms with van der Waals surface area (Å²) in [6, 6.07) is 12.9. The summed E-state index contributed by atoms with van der Waals surface area (Å²) in [6.07, 6.45) is 0. The highest BCUT2D eigenvalue weighted by Crippen LogP contribution is 2.34. The molecule has 1 saturated heterocycles. The molecule has 1 N–H and O–H groups in total. The molecular formula is C16H13N3O4S3. The van der Waals surface area contributed by atoms with Crippen LogP contribution in [0.3, 0.4) is 0 Å². The summed E-state index contributed by atoms with van der Waals surface area (Å²) in [6.45, 7) is 1.94. The van der Waals surface area contributed by atoms with E-state index in [-0.39, 0.29) is 16.5 Å². The Morgan fingerprint density at radius 3 is 2.46 bits per heavy atom. The minimum atomic E-state index is -4.44. The second-order valence-electron chi connectivity index (χ2n) is 5.40. The number of thiocarbonyl (C=S) groups is 1. The third kappa shape index (κ3) is 3.83. The van der Waals surface area contributed by atoms with Gasteiger partial charge >= 0.3 is 0 Å². The van der Waals surface area contributed by atoms with Gasteiger partial charge in [-0.2, -0.15) is 18.6 Å². The first-order valence-corrected chi connectivity index (χ1v) is 10.1. The number of hydrogen-bond acceptors (Lipinski definition) is 7. The van der Waals surface area contributed by atoms with Crippen molar-refractivity contribution in [3.05, 3.63) is 54.1 Å². The molecule has 0 aliphatic carbocycles. The zero-order valence-corrected chi connectivity index (χ0v) is 15.9. The number of amides is 1. The van der Waals surface area contributed by atoms with Crippen LogP contribution < -0.4 is 4.90 Å². The Kier molecular flexibility index (Phi) is 5.19. The van der Waals surface area contributed by atoms with E-state index in [1.165, 1.54) is 23.1 Å². The highest BCUT2D eigenvalue weighted by molar-refractivity contribution is 8.25. The molecule has 1 fully saturated rings. The molecule has 10 heteroatoms. The van der Waals surface area contributed by atoms with E-state index >= 15 is 0 Å². The summed E-state index contributed by atoms with van der Waals surface area (Å²) in [7, 11) is -4.44. The number of aryl methyl sites for hydroxylation is 1. The summed E-state index contributed by atoms with van der Waals surface area (Å²) in [4.78, 5) is 13.6. The van der Waals surface area contributed by atoms with Gasteiger partial charge in [0, 0.05) is 0 Å². The lowest BCUT2D eigenvalue weighted by molar-refractivity contribution is -0.116. The van der Waals surface area contributed by atoms with Crippen molar-refractivity contribution in [1.82, 2.24) is 0 Å². The Morgan fingerprint density at radius 1 is 1.15 bits per heavy atom. The number of thioether (sulfide) groups is 1. The van der Waals surface area contributed by atoms with Gasteiger partial charge in [0.15, 0.2) is 0 Å². The zero-order chi connectivity index (χ0) is 18.9. The summed E-state index contributed by atoms with van der Waals surface area (Å²) >= 11 is 6.30. The third-order valence-electron chi connectivity index (χ3n) is 3.53. The first-order valence-electron chi connectivity index (χ1n) is 7.36. The summed E-state index contributed by atoms with van der Waals surface area (Å²) < 4.78 is 32.3. The maximum atomic E-state index is 12.6. The Bertz CT molecular complexity index is 1000. The summed E-state index contributed by atoms with van der Waals surface area (Å²) in [5, 5.41) is 6.85. The molecule has 2 aromatic carbocycles. The summed E-state index contributed by atoms with van der Waals surface area (Å²) in [5.74, 6) is -0.364. The smallest absolute Gasteiger partial charge is 0.282 e. The molecule has 7 nitrogen and oxygen atoms in total. The largest absolute Gasteiger partial charge is 0.296 e. The van der Waals surface area contributed by atoms with Crippen LogP contribution >= 0.6 is 24.0 Å². The van der Waals surface area contributed by atoms with E-state index in [4.69, 9.17) is 12.2 Å². The lowest BCUT2D eigenvalue weighted by atomic mass is 10.2. The summed E-state index contributed by atoms with van der Waals surface area (Å²) in [5.41, 5.74) is 1.63. The molecule has 1 amide bonds. The van der Waals surface area contributed by atoms with Crippen molar-refractivity contribution in [2.45, 2.75) is 17.2 Å². The Balaban J connectivity index is 1.86. The molecule has 0 bridgehead atoms. The molecule has 26 heavy (non-hydrogen) atoms. The van der Waals surface area contributed by atoms with Gasteiger partial charge in [0.1, 0.15) is 14.9 Å². The number of nitrogens with zero attached hydrogens (tertiary/aromatic N) is 3. The Labute approximate surface area is 159 Å². The first-order chi connectivity index (χ1) is 12.3. The van der Waals surface area contributed by atoms with E-state index in [2.05, 4.69) is 10.2 Å². The molecule has 0 spiro atoms. The molecule has 0 saturated carbocycles. The van der Waals surface area contributed by atoms with Gasteiger partial charge in [-0.1, -0.05) is 53.8 Å². The maximum absolute atomic E-state index is 12.6. The first kappa shape index (κ1) is 18.6. The molecule has 1 aliphatic heterocycles. The maximum Gasteiger partial charge on any atom is 0.296 e. The van der Waals surface area contributed by atoms with E-state index in [0.717, 1.165) is 17.3 Å². The molecule has 1 heterocycles. The van der Waals surface area contributed by atoms with E-state index < -0.39 is 15.5 Å². The lowest BCUT2D eigenvalue weighted by Crippen LogP contribution is -2.30. The zero-order valence-electron chi connectivity index (χ0n) is 13.4. The number of carbonyl (C=O) groups is 1. The van der Waals surface area contributed by atoms with Crippen molar-refractivity contribution in [2.24, 2.45) is 10.2 Å². The third-order valence-corrected chi connectivity index (χ3v) is 5.81.